The largest absolute Gasteiger partial charge is 0.381 e. The zero-order valence-electron chi connectivity index (χ0n) is 11.2. The molecular weight excluding hydrogens is 242 g/mol. The van der Waals surface area contributed by atoms with Crippen LogP contribution < -0.4 is 16.4 Å². The Balaban J connectivity index is 1.80. The Bertz CT molecular complexity index is 419. The molecule has 1 aliphatic carbocycles. The van der Waals surface area contributed by atoms with Crippen molar-refractivity contribution in [1.29, 1.82) is 0 Å². The van der Waals surface area contributed by atoms with Gasteiger partial charge in [-0.3, -0.25) is 0 Å². The second kappa shape index (κ2) is 6.54. The number of carbonyl (C=O) groups excluding carboxylic acids is 1. The standard InChI is InChI=1S/C14H21N3O2/c1-19-13-7-6-12(8-13)17-14(18)16-11-4-2-10(9-15)3-5-11/h2-5,12-13H,6-9,15H2,1H3,(H2,16,17,18). The molecule has 5 nitrogen and oxygen atoms in total. The number of amides is 2. The van der Waals surface area contributed by atoms with Gasteiger partial charge in [-0.1, -0.05) is 12.1 Å². The average Bonchev–Trinajstić information content (AvgIpc) is 2.87. The summed E-state index contributed by atoms with van der Waals surface area (Å²) >= 11 is 0. The van der Waals surface area contributed by atoms with E-state index >= 15 is 0 Å². The third kappa shape index (κ3) is 3.94. The van der Waals surface area contributed by atoms with Crippen LogP contribution in [0.15, 0.2) is 24.3 Å². The van der Waals surface area contributed by atoms with E-state index < -0.39 is 0 Å². The van der Waals surface area contributed by atoms with E-state index in [1.165, 1.54) is 0 Å². The molecule has 2 amide bonds. The van der Waals surface area contributed by atoms with Crippen molar-refractivity contribution in [3.05, 3.63) is 29.8 Å². The first-order valence-corrected chi connectivity index (χ1v) is 6.60. The minimum absolute atomic E-state index is 0.165. The molecule has 1 aromatic rings. The lowest BCUT2D eigenvalue weighted by molar-refractivity contribution is 0.107. The second-order valence-corrected chi connectivity index (χ2v) is 4.87. The number of methoxy groups -OCH3 is 1. The fourth-order valence-corrected chi connectivity index (χ4v) is 2.36. The molecule has 1 fully saturated rings. The zero-order valence-corrected chi connectivity index (χ0v) is 11.2. The minimum atomic E-state index is -0.165. The molecule has 2 rings (SSSR count). The monoisotopic (exact) mass is 263 g/mol. The smallest absolute Gasteiger partial charge is 0.319 e. The number of benzene rings is 1. The first kappa shape index (κ1) is 13.8. The molecule has 1 aromatic carbocycles. The molecule has 0 spiro atoms. The zero-order chi connectivity index (χ0) is 13.7. The van der Waals surface area contributed by atoms with Gasteiger partial charge >= 0.3 is 6.03 Å². The van der Waals surface area contributed by atoms with Crippen molar-refractivity contribution < 1.29 is 9.53 Å². The predicted octanol–water partition coefficient (Wildman–Crippen LogP) is 1.83. The lowest BCUT2D eigenvalue weighted by Crippen LogP contribution is -2.36. The maximum absolute atomic E-state index is 11.8. The van der Waals surface area contributed by atoms with Crippen molar-refractivity contribution >= 4 is 11.7 Å². The average molecular weight is 263 g/mol. The van der Waals surface area contributed by atoms with Crippen LogP contribution in [0.1, 0.15) is 24.8 Å². The molecule has 1 aliphatic rings. The number of hydrogen-bond acceptors (Lipinski definition) is 3. The van der Waals surface area contributed by atoms with Crippen molar-refractivity contribution in [2.24, 2.45) is 5.73 Å². The maximum atomic E-state index is 11.8. The fourth-order valence-electron chi connectivity index (χ4n) is 2.36. The number of nitrogens with one attached hydrogen (secondary N) is 2. The van der Waals surface area contributed by atoms with Gasteiger partial charge in [0.25, 0.3) is 0 Å². The molecule has 0 aliphatic heterocycles. The molecule has 2 unspecified atom stereocenters. The van der Waals surface area contributed by atoms with Crippen molar-refractivity contribution in [3.63, 3.8) is 0 Å². The maximum Gasteiger partial charge on any atom is 0.319 e. The van der Waals surface area contributed by atoms with Crippen LogP contribution in [0.2, 0.25) is 0 Å². The van der Waals surface area contributed by atoms with Crippen LogP contribution in [-0.2, 0) is 11.3 Å². The van der Waals surface area contributed by atoms with Gasteiger partial charge in [-0.05, 0) is 37.0 Å². The van der Waals surface area contributed by atoms with Gasteiger partial charge in [0.2, 0.25) is 0 Å². The highest BCUT2D eigenvalue weighted by atomic mass is 16.5. The van der Waals surface area contributed by atoms with E-state index in [1.54, 1.807) is 7.11 Å². The molecule has 104 valence electrons. The van der Waals surface area contributed by atoms with Crippen LogP contribution in [-0.4, -0.2) is 25.3 Å². The van der Waals surface area contributed by atoms with Gasteiger partial charge in [0.15, 0.2) is 0 Å². The van der Waals surface area contributed by atoms with Crippen LogP contribution in [0.5, 0.6) is 0 Å². The Morgan fingerprint density at radius 2 is 2.11 bits per heavy atom. The van der Waals surface area contributed by atoms with E-state index in [0.29, 0.717) is 6.54 Å². The molecule has 5 heteroatoms. The van der Waals surface area contributed by atoms with Gasteiger partial charge < -0.3 is 21.1 Å². The highest BCUT2D eigenvalue weighted by Crippen LogP contribution is 2.21. The quantitative estimate of drug-likeness (QED) is 0.775. The summed E-state index contributed by atoms with van der Waals surface area (Å²) < 4.78 is 5.28. The van der Waals surface area contributed by atoms with Crippen LogP contribution in [0, 0.1) is 0 Å². The lowest BCUT2D eigenvalue weighted by atomic mass is 10.2. The van der Waals surface area contributed by atoms with Crippen molar-refractivity contribution in [2.75, 3.05) is 12.4 Å². The highest BCUT2D eigenvalue weighted by molar-refractivity contribution is 5.89. The van der Waals surface area contributed by atoms with Crippen LogP contribution in [0.4, 0.5) is 10.5 Å². The SMILES string of the molecule is COC1CCC(NC(=O)Nc2ccc(CN)cc2)C1. The third-order valence-electron chi connectivity index (χ3n) is 3.50. The Labute approximate surface area is 113 Å². The van der Waals surface area contributed by atoms with Gasteiger partial charge in [-0.2, -0.15) is 0 Å². The molecule has 4 N–H and O–H groups in total. The number of rotatable bonds is 4. The normalized spacial score (nSPS) is 22.2. The Kier molecular flexibility index (Phi) is 4.76. The van der Waals surface area contributed by atoms with Crippen molar-refractivity contribution in [3.8, 4) is 0 Å². The molecule has 1 saturated carbocycles. The first-order chi connectivity index (χ1) is 9.21. The summed E-state index contributed by atoms with van der Waals surface area (Å²) in [4.78, 5) is 11.8. The number of nitrogens with two attached hydrogens (primary N) is 1. The predicted molar refractivity (Wildman–Crippen MR) is 74.9 cm³/mol. The van der Waals surface area contributed by atoms with E-state index in [1.807, 2.05) is 24.3 Å². The van der Waals surface area contributed by atoms with Gasteiger partial charge in [0, 0.05) is 25.4 Å². The van der Waals surface area contributed by atoms with Gasteiger partial charge in [0.1, 0.15) is 0 Å². The van der Waals surface area contributed by atoms with E-state index in [4.69, 9.17) is 10.5 Å². The summed E-state index contributed by atoms with van der Waals surface area (Å²) in [5.41, 5.74) is 7.34. The Hall–Kier alpha value is -1.59. The number of ether oxygens (including phenoxy) is 1. The molecule has 2 atom stereocenters. The lowest BCUT2D eigenvalue weighted by Gasteiger charge is -2.14. The van der Waals surface area contributed by atoms with Gasteiger partial charge in [0.05, 0.1) is 6.10 Å². The highest BCUT2D eigenvalue weighted by Gasteiger charge is 2.25. The van der Waals surface area contributed by atoms with Crippen LogP contribution >= 0.6 is 0 Å². The molecule has 0 heterocycles. The molecule has 19 heavy (non-hydrogen) atoms. The van der Waals surface area contributed by atoms with Gasteiger partial charge in [-0.15, -0.1) is 0 Å². The van der Waals surface area contributed by atoms with E-state index in [-0.39, 0.29) is 18.2 Å². The van der Waals surface area contributed by atoms with Crippen LogP contribution in [0.25, 0.3) is 0 Å². The summed E-state index contributed by atoms with van der Waals surface area (Å²) in [6, 6.07) is 7.57. The van der Waals surface area contributed by atoms with E-state index in [9.17, 15) is 4.79 Å². The molecular formula is C14H21N3O2. The molecule has 0 radical (unpaired) electrons. The number of anilines is 1. The summed E-state index contributed by atoms with van der Waals surface area (Å²) in [6.45, 7) is 0.507. The summed E-state index contributed by atoms with van der Waals surface area (Å²) in [5, 5.41) is 5.79. The summed E-state index contributed by atoms with van der Waals surface area (Å²) in [5.74, 6) is 0. The fraction of sp³-hybridized carbons (Fsp3) is 0.500. The molecule has 0 bridgehead atoms. The Morgan fingerprint density at radius 1 is 1.37 bits per heavy atom. The molecule has 0 saturated heterocycles. The third-order valence-corrected chi connectivity index (χ3v) is 3.50. The van der Waals surface area contributed by atoms with Crippen LogP contribution in [0.3, 0.4) is 0 Å². The van der Waals surface area contributed by atoms with Crippen molar-refractivity contribution in [1.82, 2.24) is 5.32 Å². The second-order valence-electron chi connectivity index (χ2n) is 4.87. The van der Waals surface area contributed by atoms with E-state index in [2.05, 4.69) is 10.6 Å². The van der Waals surface area contributed by atoms with Gasteiger partial charge in [-0.25, -0.2) is 4.79 Å². The van der Waals surface area contributed by atoms with Crippen molar-refractivity contribution in [2.45, 2.75) is 38.0 Å². The Morgan fingerprint density at radius 3 is 2.68 bits per heavy atom. The number of carbonyl (C=O) groups is 1. The minimum Gasteiger partial charge on any atom is -0.381 e. The van der Waals surface area contributed by atoms with E-state index in [0.717, 1.165) is 30.5 Å². The molecule has 0 aromatic heterocycles. The summed E-state index contributed by atoms with van der Waals surface area (Å²) in [7, 11) is 1.71. The number of hydrogen-bond donors (Lipinski definition) is 3. The topological polar surface area (TPSA) is 76.4 Å². The first-order valence-electron chi connectivity index (χ1n) is 6.60. The summed E-state index contributed by atoms with van der Waals surface area (Å²) in [6.07, 6.45) is 3.13. The number of urea groups is 1.